The molecule has 2 unspecified atom stereocenters. The van der Waals surface area contributed by atoms with Crippen molar-refractivity contribution < 1.29 is 4.79 Å². The van der Waals surface area contributed by atoms with Crippen LogP contribution in [0.1, 0.15) is 18.9 Å². The van der Waals surface area contributed by atoms with Crippen molar-refractivity contribution in [1.82, 2.24) is 15.1 Å². The molecule has 4 nitrogen and oxygen atoms in total. The first kappa shape index (κ1) is 16.0. The van der Waals surface area contributed by atoms with Crippen LogP contribution in [0.4, 0.5) is 0 Å². The van der Waals surface area contributed by atoms with E-state index < -0.39 is 0 Å². The first-order chi connectivity index (χ1) is 10.1. The van der Waals surface area contributed by atoms with Gasteiger partial charge in [-0.15, -0.1) is 0 Å². The van der Waals surface area contributed by atoms with Gasteiger partial charge in [-0.25, -0.2) is 0 Å². The van der Waals surface area contributed by atoms with Crippen LogP contribution >= 0.6 is 0 Å². The first-order valence-corrected chi connectivity index (χ1v) is 7.78. The third-order valence-corrected chi connectivity index (χ3v) is 4.14. The van der Waals surface area contributed by atoms with Crippen LogP contribution in [0.25, 0.3) is 0 Å². The van der Waals surface area contributed by atoms with Crippen molar-refractivity contribution in [2.45, 2.75) is 25.9 Å². The van der Waals surface area contributed by atoms with E-state index in [0.29, 0.717) is 12.5 Å². The summed E-state index contributed by atoms with van der Waals surface area (Å²) in [6.45, 7) is 5.46. The zero-order valence-corrected chi connectivity index (χ0v) is 13.4. The highest BCUT2D eigenvalue weighted by molar-refractivity contribution is 5.82. The topological polar surface area (TPSA) is 35.6 Å². The Kier molecular flexibility index (Phi) is 5.76. The summed E-state index contributed by atoms with van der Waals surface area (Å²) in [5.74, 6) is 0.667. The second-order valence-electron chi connectivity index (χ2n) is 6.25. The van der Waals surface area contributed by atoms with Crippen molar-refractivity contribution in [1.29, 1.82) is 0 Å². The molecule has 1 heterocycles. The molecule has 1 saturated heterocycles. The molecule has 0 saturated carbocycles. The number of nitrogens with one attached hydrogen (secondary N) is 1. The smallest absolute Gasteiger partial charge is 0.240 e. The molecule has 0 aliphatic carbocycles. The van der Waals surface area contributed by atoms with Crippen molar-refractivity contribution in [3.05, 3.63) is 35.9 Å². The fourth-order valence-electron chi connectivity index (χ4n) is 2.75. The van der Waals surface area contributed by atoms with Crippen LogP contribution in [0.3, 0.4) is 0 Å². The van der Waals surface area contributed by atoms with Gasteiger partial charge < -0.3 is 15.1 Å². The van der Waals surface area contributed by atoms with E-state index >= 15 is 0 Å². The largest absolute Gasteiger partial charge is 0.336 e. The average Bonchev–Trinajstić information content (AvgIpc) is 2.90. The van der Waals surface area contributed by atoms with E-state index in [4.69, 9.17) is 0 Å². The molecule has 1 aromatic rings. The molecule has 1 aromatic carbocycles. The Morgan fingerprint density at radius 1 is 1.24 bits per heavy atom. The number of hydrogen-bond acceptors (Lipinski definition) is 3. The summed E-state index contributed by atoms with van der Waals surface area (Å²) in [4.78, 5) is 16.9. The lowest BCUT2D eigenvalue weighted by atomic mass is 10.0. The van der Waals surface area contributed by atoms with Crippen LogP contribution in [0.5, 0.6) is 0 Å². The maximum Gasteiger partial charge on any atom is 0.240 e. The number of carbonyl (C=O) groups excluding carboxylic acids is 1. The lowest BCUT2D eigenvalue weighted by Crippen LogP contribution is -2.47. The average molecular weight is 289 g/mol. The van der Waals surface area contributed by atoms with Crippen LogP contribution in [0.15, 0.2) is 30.3 Å². The van der Waals surface area contributed by atoms with Gasteiger partial charge in [0.25, 0.3) is 0 Å². The van der Waals surface area contributed by atoms with Gasteiger partial charge in [0.2, 0.25) is 5.91 Å². The molecule has 2 atom stereocenters. The molecule has 2 rings (SSSR count). The van der Waals surface area contributed by atoms with Crippen LogP contribution in [-0.2, 0) is 11.3 Å². The Hall–Kier alpha value is -1.39. The van der Waals surface area contributed by atoms with Crippen LogP contribution < -0.4 is 5.32 Å². The third-order valence-electron chi connectivity index (χ3n) is 4.14. The number of likely N-dealkylation sites (N-methyl/N-ethyl adjacent to an activating group) is 1. The summed E-state index contributed by atoms with van der Waals surface area (Å²) in [7, 11) is 4.09. The molecule has 116 valence electrons. The van der Waals surface area contributed by atoms with E-state index in [1.54, 1.807) is 0 Å². The van der Waals surface area contributed by atoms with Crippen molar-refractivity contribution >= 4 is 5.91 Å². The monoisotopic (exact) mass is 289 g/mol. The van der Waals surface area contributed by atoms with Gasteiger partial charge in [-0.1, -0.05) is 37.3 Å². The van der Waals surface area contributed by atoms with E-state index in [9.17, 15) is 4.79 Å². The van der Waals surface area contributed by atoms with Gasteiger partial charge in [-0.3, -0.25) is 4.79 Å². The molecule has 1 aliphatic heterocycles. The molecule has 21 heavy (non-hydrogen) atoms. The number of carbonyl (C=O) groups is 1. The predicted octanol–water partition coefficient (Wildman–Crippen LogP) is 1.57. The molecule has 1 N–H and O–H groups in total. The van der Waals surface area contributed by atoms with Crippen LogP contribution in [0, 0.1) is 5.92 Å². The highest BCUT2D eigenvalue weighted by Crippen LogP contribution is 2.18. The molecule has 1 fully saturated rings. The van der Waals surface area contributed by atoms with Crippen molar-refractivity contribution in [2.24, 2.45) is 5.92 Å². The second kappa shape index (κ2) is 7.57. The second-order valence-corrected chi connectivity index (χ2v) is 6.25. The Bertz CT molecular complexity index is 447. The molecule has 1 amide bonds. The lowest BCUT2D eigenvalue weighted by molar-refractivity contribution is -0.134. The minimum absolute atomic E-state index is 0.0177. The normalized spacial score (nSPS) is 21.7. The Morgan fingerprint density at radius 3 is 2.52 bits per heavy atom. The zero-order chi connectivity index (χ0) is 15.2. The van der Waals surface area contributed by atoms with Gasteiger partial charge in [-0.05, 0) is 38.5 Å². The van der Waals surface area contributed by atoms with Gasteiger partial charge in [0.1, 0.15) is 0 Å². The first-order valence-electron chi connectivity index (χ1n) is 7.78. The van der Waals surface area contributed by atoms with Gasteiger partial charge in [0.15, 0.2) is 0 Å². The van der Waals surface area contributed by atoms with E-state index in [0.717, 1.165) is 26.1 Å². The Labute approximate surface area is 128 Å². The van der Waals surface area contributed by atoms with Crippen molar-refractivity contribution in [2.75, 3.05) is 33.7 Å². The Morgan fingerprint density at radius 2 is 1.95 bits per heavy atom. The summed E-state index contributed by atoms with van der Waals surface area (Å²) < 4.78 is 0. The van der Waals surface area contributed by atoms with Crippen LogP contribution in [0.2, 0.25) is 0 Å². The van der Waals surface area contributed by atoms with E-state index in [2.05, 4.69) is 29.3 Å². The molecular formula is C17H27N3O. The molecule has 0 bridgehead atoms. The zero-order valence-electron chi connectivity index (χ0n) is 13.4. The highest BCUT2D eigenvalue weighted by atomic mass is 16.2. The quantitative estimate of drug-likeness (QED) is 0.863. The van der Waals surface area contributed by atoms with E-state index in [1.807, 2.05) is 37.2 Å². The van der Waals surface area contributed by atoms with Gasteiger partial charge in [-0.2, -0.15) is 0 Å². The van der Waals surface area contributed by atoms with E-state index in [-0.39, 0.29) is 11.9 Å². The molecular weight excluding hydrogens is 262 g/mol. The number of nitrogens with zero attached hydrogens (tertiary/aromatic N) is 2. The summed E-state index contributed by atoms with van der Waals surface area (Å²) >= 11 is 0. The summed E-state index contributed by atoms with van der Waals surface area (Å²) in [6, 6.07) is 10.2. The minimum Gasteiger partial charge on any atom is -0.336 e. The Balaban J connectivity index is 2.05. The number of rotatable bonds is 6. The molecule has 0 spiro atoms. The standard InChI is InChI=1S/C17H27N3O/c1-14-9-10-18-16(14)17(21)20(12-11-19(2)3)13-15-7-5-4-6-8-15/h4-8,14,16,18H,9-13H2,1-3H3. The van der Waals surface area contributed by atoms with Crippen molar-refractivity contribution in [3.63, 3.8) is 0 Å². The third kappa shape index (κ3) is 4.55. The summed E-state index contributed by atoms with van der Waals surface area (Å²) in [6.07, 6.45) is 1.09. The van der Waals surface area contributed by atoms with Crippen molar-refractivity contribution in [3.8, 4) is 0 Å². The van der Waals surface area contributed by atoms with Gasteiger partial charge in [0, 0.05) is 19.6 Å². The number of benzene rings is 1. The van der Waals surface area contributed by atoms with Gasteiger partial charge >= 0.3 is 0 Å². The molecule has 0 aromatic heterocycles. The van der Waals surface area contributed by atoms with Crippen LogP contribution in [-0.4, -0.2) is 55.5 Å². The highest BCUT2D eigenvalue weighted by Gasteiger charge is 2.32. The maximum atomic E-state index is 12.8. The van der Waals surface area contributed by atoms with E-state index in [1.165, 1.54) is 5.56 Å². The van der Waals surface area contributed by atoms with Gasteiger partial charge in [0.05, 0.1) is 6.04 Å². The minimum atomic E-state index is -0.0177. The lowest BCUT2D eigenvalue weighted by Gasteiger charge is -2.28. The maximum absolute atomic E-state index is 12.8. The number of amides is 1. The fraction of sp³-hybridized carbons (Fsp3) is 0.588. The SMILES string of the molecule is CC1CCNC1C(=O)N(CCN(C)C)Cc1ccccc1. The molecule has 4 heteroatoms. The fourth-order valence-corrected chi connectivity index (χ4v) is 2.75. The predicted molar refractivity (Wildman–Crippen MR) is 86.0 cm³/mol. The number of hydrogen-bond donors (Lipinski definition) is 1. The molecule has 0 radical (unpaired) electrons. The summed E-state index contributed by atoms with van der Waals surface area (Å²) in [5, 5.41) is 3.36. The molecule has 1 aliphatic rings. The summed E-state index contributed by atoms with van der Waals surface area (Å²) in [5.41, 5.74) is 1.19.